The van der Waals surface area contributed by atoms with Crippen molar-refractivity contribution in [2.24, 2.45) is 0 Å². The summed E-state index contributed by atoms with van der Waals surface area (Å²) in [5, 5.41) is 0.686. The van der Waals surface area contributed by atoms with Gasteiger partial charge >= 0.3 is 0 Å². The van der Waals surface area contributed by atoms with E-state index in [0.29, 0.717) is 41.7 Å². The van der Waals surface area contributed by atoms with E-state index >= 15 is 4.39 Å². The molecular formula is C27H27F3N2O3S. The molecule has 0 N–H and O–H groups in total. The van der Waals surface area contributed by atoms with Gasteiger partial charge in [-0.1, -0.05) is 18.2 Å². The second kappa shape index (κ2) is 10.3. The monoisotopic (exact) mass is 516 g/mol. The lowest BCUT2D eigenvalue weighted by molar-refractivity contribution is 0.0325. The van der Waals surface area contributed by atoms with E-state index in [1.807, 2.05) is 0 Å². The van der Waals surface area contributed by atoms with Gasteiger partial charge in [0.2, 0.25) is 0 Å². The van der Waals surface area contributed by atoms with Crippen molar-refractivity contribution in [1.82, 2.24) is 9.47 Å². The minimum atomic E-state index is -0.652. The topological polar surface area (TPSA) is 43.7 Å². The van der Waals surface area contributed by atoms with Gasteiger partial charge in [-0.25, -0.2) is 13.2 Å². The lowest BCUT2D eigenvalue weighted by Gasteiger charge is -2.30. The minimum absolute atomic E-state index is 0.0257. The van der Waals surface area contributed by atoms with E-state index in [9.17, 15) is 13.6 Å². The average Bonchev–Trinajstić information content (AvgIpc) is 3.28. The highest BCUT2D eigenvalue weighted by Crippen LogP contribution is 2.41. The highest BCUT2D eigenvalue weighted by atomic mass is 32.2. The number of pyridine rings is 1. The van der Waals surface area contributed by atoms with E-state index in [2.05, 4.69) is 4.90 Å². The van der Waals surface area contributed by atoms with E-state index in [4.69, 9.17) is 9.47 Å². The van der Waals surface area contributed by atoms with Crippen LogP contribution in [0.15, 0.2) is 46.2 Å². The van der Waals surface area contributed by atoms with Gasteiger partial charge in [0.15, 0.2) is 11.6 Å². The SMILES string of the molecule is COc1cccc(-c2c(C)c(Cc3c(F)cccc3F)c3n(c2=O)C(CN2CCOCC2)CS3)c1F. The van der Waals surface area contributed by atoms with Gasteiger partial charge in [-0.15, -0.1) is 11.8 Å². The van der Waals surface area contributed by atoms with E-state index in [1.165, 1.54) is 43.1 Å². The highest BCUT2D eigenvalue weighted by Gasteiger charge is 2.33. The van der Waals surface area contributed by atoms with Crippen LogP contribution in [0.3, 0.4) is 0 Å². The summed E-state index contributed by atoms with van der Waals surface area (Å²) >= 11 is 1.51. The van der Waals surface area contributed by atoms with E-state index in [-0.39, 0.29) is 40.5 Å². The van der Waals surface area contributed by atoms with Crippen molar-refractivity contribution in [3.63, 3.8) is 0 Å². The molecule has 0 saturated carbocycles. The second-order valence-electron chi connectivity index (χ2n) is 9.04. The molecule has 3 aromatic rings. The molecule has 3 heterocycles. The van der Waals surface area contributed by atoms with Gasteiger partial charge in [0.05, 0.1) is 37.0 Å². The molecule has 0 bridgehead atoms. The van der Waals surface area contributed by atoms with Crippen molar-refractivity contribution >= 4 is 11.8 Å². The van der Waals surface area contributed by atoms with Crippen LogP contribution in [0.25, 0.3) is 11.1 Å². The van der Waals surface area contributed by atoms with E-state index in [0.717, 1.165) is 13.1 Å². The molecule has 1 unspecified atom stereocenters. The number of ether oxygens (including phenoxy) is 2. The Balaban J connectivity index is 1.70. The summed E-state index contributed by atoms with van der Waals surface area (Å²) in [7, 11) is 1.37. The summed E-state index contributed by atoms with van der Waals surface area (Å²) in [6.45, 7) is 5.16. The molecule has 1 saturated heterocycles. The van der Waals surface area contributed by atoms with Gasteiger partial charge in [0, 0.05) is 42.9 Å². The van der Waals surface area contributed by atoms with Crippen molar-refractivity contribution in [1.29, 1.82) is 0 Å². The molecule has 36 heavy (non-hydrogen) atoms. The summed E-state index contributed by atoms with van der Waals surface area (Å²) in [5.41, 5.74) is 1.07. The van der Waals surface area contributed by atoms with Gasteiger partial charge in [0.1, 0.15) is 11.6 Å². The smallest absolute Gasteiger partial charge is 0.260 e. The van der Waals surface area contributed by atoms with Crippen LogP contribution in [0.5, 0.6) is 5.75 Å². The summed E-state index contributed by atoms with van der Waals surface area (Å²) in [4.78, 5) is 16.2. The number of halogens is 3. The molecule has 0 spiro atoms. The molecule has 9 heteroatoms. The number of morpholine rings is 1. The summed E-state index contributed by atoms with van der Waals surface area (Å²) < 4.78 is 57.0. The zero-order chi connectivity index (χ0) is 25.4. The number of methoxy groups -OCH3 is 1. The number of thioether (sulfide) groups is 1. The Morgan fingerprint density at radius 2 is 1.75 bits per heavy atom. The second-order valence-corrected chi connectivity index (χ2v) is 10.0. The fraction of sp³-hybridized carbons (Fsp3) is 0.370. The Morgan fingerprint density at radius 3 is 2.44 bits per heavy atom. The third-order valence-electron chi connectivity index (χ3n) is 6.96. The number of fused-ring (bicyclic) bond motifs is 1. The summed E-state index contributed by atoms with van der Waals surface area (Å²) in [6, 6.07) is 8.27. The maximum atomic E-state index is 15.4. The van der Waals surface area contributed by atoms with Crippen LogP contribution < -0.4 is 10.3 Å². The first-order valence-corrected chi connectivity index (χ1v) is 12.9. The third-order valence-corrected chi connectivity index (χ3v) is 8.22. The maximum absolute atomic E-state index is 15.4. The van der Waals surface area contributed by atoms with Gasteiger partial charge in [-0.05, 0) is 36.2 Å². The zero-order valence-electron chi connectivity index (χ0n) is 20.2. The molecule has 2 aliphatic heterocycles. The number of benzene rings is 2. The first-order chi connectivity index (χ1) is 17.4. The number of rotatable bonds is 6. The average molecular weight is 517 g/mol. The van der Waals surface area contributed by atoms with Crippen molar-refractivity contribution in [3.05, 3.63) is 80.9 Å². The van der Waals surface area contributed by atoms with Gasteiger partial charge < -0.3 is 9.47 Å². The van der Waals surface area contributed by atoms with Gasteiger partial charge in [-0.3, -0.25) is 14.3 Å². The number of hydrogen-bond acceptors (Lipinski definition) is 5. The number of aromatic nitrogens is 1. The molecule has 5 nitrogen and oxygen atoms in total. The first-order valence-electron chi connectivity index (χ1n) is 11.9. The fourth-order valence-corrected chi connectivity index (χ4v) is 6.42. The molecule has 2 aliphatic rings. The normalized spacial score (nSPS) is 17.9. The van der Waals surface area contributed by atoms with E-state index < -0.39 is 17.5 Å². The van der Waals surface area contributed by atoms with Crippen molar-refractivity contribution in [2.45, 2.75) is 24.4 Å². The maximum Gasteiger partial charge on any atom is 0.260 e. The largest absolute Gasteiger partial charge is 0.494 e. The molecule has 2 aromatic carbocycles. The van der Waals surface area contributed by atoms with Crippen molar-refractivity contribution in [3.8, 4) is 16.9 Å². The Labute approximate surface area is 211 Å². The summed E-state index contributed by atoms with van der Waals surface area (Å²) in [5.74, 6) is -1.28. The van der Waals surface area contributed by atoms with Crippen LogP contribution >= 0.6 is 11.8 Å². The van der Waals surface area contributed by atoms with E-state index in [1.54, 1.807) is 23.6 Å². The molecule has 0 radical (unpaired) electrons. The molecule has 190 valence electrons. The Bertz CT molecular complexity index is 1330. The number of nitrogens with zero attached hydrogens (tertiary/aromatic N) is 2. The molecule has 1 aromatic heterocycles. The molecule has 1 atom stereocenters. The zero-order valence-corrected chi connectivity index (χ0v) is 21.0. The predicted molar refractivity (Wildman–Crippen MR) is 134 cm³/mol. The molecule has 5 rings (SSSR count). The molecule has 0 aliphatic carbocycles. The predicted octanol–water partition coefficient (Wildman–Crippen LogP) is 4.82. The Kier molecular flexibility index (Phi) is 7.14. The Hall–Kier alpha value is -2.75. The fourth-order valence-electron chi connectivity index (χ4n) is 5.05. The van der Waals surface area contributed by atoms with Crippen LogP contribution in [0, 0.1) is 24.4 Å². The van der Waals surface area contributed by atoms with Crippen LogP contribution in [0.4, 0.5) is 13.2 Å². The minimum Gasteiger partial charge on any atom is -0.494 e. The van der Waals surface area contributed by atoms with Gasteiger partial charge in [0.25, 0.3) is 5.56 Å². The third kappa shape index (κ3) is 4.44. The highest BCUT2D eigenvalue weighted by molar-refractivity contribution is 7.99. The van der Waals surface area contributed by atoms with Crippen LogP contribution in [0.1, 0.15) is 22.7 Å². The van der Waals surface area contributed by atoms with Gasteiger partial charge in [-0.2, -0.15) is 0 Å². The standard InChI is InChI=1S/C27H27F3N2O3S/c1-16-19(13-20-21(28)6-4-7-22(20)29)27-32(17(15-36-27)14-31-9-11-35-12-10-31)26(33)24(16)18-5-3-8-23(34-2)25(18)30/h3-8,17H,9-15H2,1-2H3. The summed E-state index contributed by atoms with van der Waals surface area (Å²) in [6.07, 6.45) is -0.0458. The van der Waals surface area contributed by atoms with Crippen molar-refractivity contribution in [2.75, 3.05) is 45.7 Å². The van der Waals surface area contributed by atoms with Crippen LogP contribution in [-0.2, 0) is 11.2 Å². The van der Waals surface area contributed by atoms with Crippen LogP contribution in [0.2, 0.25) is 0 Å². The van der Waals surface area contributed by atoms with Crippen molar-refractivity contribution < 1.29 is 22.6 Å². The van der Waals surface area contributed by atoms with Crippen LogP contribution in [-0.4, -0.2) is 55.2 Å². The lowest BCUT2D eigenvalue weighted by Crippen LogP contribution is -2.41. The number of hydrogen-bond donors (Lipinski definition) is 0. The Morgan fingerprint density at radius 1 is 1.06 bits per heavy atom. The lowest BCUT2D eigenvalue weighted by atomic mass is 9.94. The molecular weight excluding hydrogens is 489 g/mol. The quantitative estimate of drug-likeness (QED) is 0.470. The molecule has 0 amide bonds. The first kappa shape index (κ1) is 24.9. The molecule has 1 fully saturated rings.